The van der Waals surface area contributed by atoms with Gasteiger partial charge in [-0.3, -0.25) is 4.98 Å². The zero-order chi connectivity index (χ0) is 14.3. The number of anilines is 1. The van der Waals surface area contributed by atoms with Crippen LogP contribution in [0.15, 0.2) is 36.5 Å². The number of nitrogens with zero attached hydrogens (tertiary/aromatic N) is 2. The minimum atomic E-state index is -0.123. The van der Waals surface area contributed by atoms with Crippen molar-refractivity contribution in [2.75, 3.05) is 5.73 Å². The molecule has 0 amide bonds. The van der Waals surface area contributed by atoms with Gasteiger partial charge in [-0.25, -0.2) is 4.98 Å². The van der Waals surface area contributed by atoms with Gasteiger partial charge in [0, 0.05) is 0 Å². The number of rotatable bonds is 1. The zero-order valence-electron chi connectivity index (χ0n) is 10.1. The Kier molecular flexibility index (Phi) is 3.12. The van der Waals surface area contributed by atoms with E-state index in [1.807, 2.05) is 18.2 Å². The van der Waals surface area contributed by atoms with Gasteiger partial charge in [0.05, 0.1) is 27.3 Å². The van der Waals surface area contributed by atoms with Crippen molar-refractivity contribution in [2.45, 2.75) is 0 Å². The molecule has 20 heavy (non-hydrogen) atoms. The monoisotopic (exact) mass is 305 g/mol. The van der Waals surface area contributed by atoms with Gasteiger partial charge in [-0.2, -0.15) is 0 Å². The van der Waals surface area contributed by atoms with E-state index in [1.165, 1.54) is 6.20 Å². The number of phenols is 1. The Labute approximate surface area is 124 Å². The smallest absolute Gasteiger partial charge is 0.152 e. The molecular formula is C14H9Cl2N3O. The van der Waals surface area contributed by atoms with E-state index in [1.54, 1.807) is 12.1 Å². The van der Waals surface area contributed by atoms with Crippen LogP contribution >= 0.6 is 23.2 Å². The Bertz CT molecular complexity index is 798. The summed E-state index contributed by atoms with van der Waals surface area (Å²) in [5.41, 5.74) is 8.71. The highest BCUT2D eigenvalue weighted by Gasteiger charge is 2.09. The first kappa shape index (κ1) is 13.0. The van der Waals surface area contributed by atoms with Gasteiger partial charge < -0.3 is 10.8 Å². The number of benzene rings is 2. The molecule has 0 unspecified atom stereocenters. The third-order valence-corrected chi connectivity index (χ3v) is 3.49. The summed E-state index contributed by atoms with van der Waals surface area (Å²) in [5.74, 6) is 0.235. The summed E-state index contributed by atoms with van der Waals surface area (Å²) in [6.45, 7) is 0. The lowest BCUT2D eigenvalue weighted by Crippen LogP contribution is -1.92. The first-order chi connectivity index (χ1) is 9.54. The molecule has 1 heterocycles. The third kappa shape index (κ3) is 2.24. The van der Waals surface area contributed by atoms with E-state index in [2.05, 4.69) is 9.97 Å². The number of fused-ring (bicyclic) bond motifs is 1. The zero-order valence-corrected chi connectivity index (χ0v) is 11.7. The predicted octanol–water partition coefficient (Wildman–Crippen LogP) is 3.89. The molecule has 3 aromatic rings. The van der Waals surface area contributed by atoms with Crippen molar-refractivity contribution in [1.29, 1.82) is 0 Å². The van der Waals surface area contributed by atoms with Crippen LogP contribution in [-0.2, 0) is 0 Å². The predicted molar refractivity (Wildman–Crippen MR) is 81.1 cm³/mol. The Morgan fingerprint density at radius 2 is 1.65 bits per heavy atom. The first-order valence-corrected chi connectivity index (χ1v) is 6.51. The standard InChI is InChI=1S/C14H9Cl2N3O/c15-9-3-8(4-10(16)14(9)20)7-1-2-11-12(5-7)19-13(17)6-18-11/h1-6,20H,(H2,17,19). The molecular weight excluding hydrogens is 297 g/mol. The van der Waals surface area contributed by atoms with Crippen LogP contribution in [0.1, 0.15) is 0 Å². The quantitative estimate of drug-likeness (QED) is 0.715. The fraction of sp³-hybridized carbons (Fsp3) is 0. The second-order valence-corrected chi connectivity index (χ2v) is 5.10. The number of phenolic OH excluding ortho intramolecular Hbond substituents is 1. The van der Waals surface area contributed by atoms with Crippen molar-refractivity contribution < 1.29 is 5.11 Å². The van der Waals surface area contributed by atoms with E-state index in [-0.39, 0.29) is 15.8 Å². The van der Waals surface area contributed by atoms with E-state index in [4.69, 9.17) is 28.9 Å². The summed E-state index contributed by atoms with van der Waals surface area (Å²) in [6.07, 6.45) is 1.51. The molecule has 0 radical (unpaired) electrons. The molecule has 0 bridgehead atoms. The van der Waals surface area contributed by atoms with Crippen molar-refractivity contribution in [3.05, 3.63) is 46.6 Å². The van der Waals surface area contributed by atoms with Crippen molar-refractivity contribution in [3.8, 4) is 16.9 Å². The Morgan fingerprint density at radius 1 is 0.950 bits per heavy atom. The van der Waals surface area contributed by atoms with Crippen molar-refractivity contribution in [2.24, 2.45) is 0 Å². The van der Waals surface area contributed by atoms with Gasteiger partial charge in [-0.15, -0.1) is 0 Å². The number of nitrogens with two attached hydrogens (primary N) is 1. The second kappa shape index (κ2) is 4.81. The van der Waals surface area contributed by atoms with Crippen LogP contribution in [0.4, 0.5) is 5.82 Å². The largest absolute Gasteiger partial charge is 0.505 e. The van der Waals surface area contributed by atoms with E-state index >= 15 is 0 Å². The molecule has 0 aliphatic rings. The van der Waals surface area contributed by atoms with E-state index in [9.17, 15) is 5.11 Å². The molecule has 4 nitrogen and oxygen atoms in total. The average molecular weight is 306 g/mol. The van der Waals surface area contributed by atoms with Crippen molar-refractivity contribution in [3.63, 3.8) is 0 Å². The molecule has 0 saturated carbocycles. The van der Waals surface area contributed by atoms with Gasteiger partial charge in [0.15, 0.2) is 5.75 Å². The second-order valence-electron chi connectivity index (χ2n) is 4.29. The lowest BCUT2D eigenvalue weighted by Gasteiger charge is -2.07. The van der Waals surface area contributed by atoms with Crippen LogP contribution in [0.5, 0.6) is 5.75 Å². The van der Waals surface area contributed by atoms with Crippen LogP contribution < -0.4 is 5.73 Å². The Balaban J connectivity index is 2.19. The summed E-state index contributed by atoms with van der Waals surface area (Å²) in [6, 6.07) is 8.85. The number of nitrogen functional groups attached to an aromatic ring is 1. The van der Waals surface area contributed by atoms with E-state index in [0.29, 0.717) is 11.3 Å². The summed E-state index contributed by atoms with van der Waals surface area (Å²) in [7, 11) is 0. The maximum absolute atomic E-state index is 9.58. The lowest BCUT2D eigenvalue weighted by molar-refractivity contribution is 0.476. The molecule has 0 aliphatic carbocycles. The molecule has 3 N–H and O–H groups in total. The first-order valence-electron chi connectivity index (χ1n) is 5.75. The summed E-state index contributed by atoms with van der Waals surface area (Å²) in [4.78, 5) is 8.41. The normalized spacial score (nSPS) is 10.9. The molecule has 0 fully saturated rings. The summed E-state index contributed by atoms with van der Waals surface area (Å²) >= 11 is 11.9. The number of hydrogen-bond donors (Lipinski definition) is 2. The highest BCUT2D eigenvalue weighted by Crippen LogP contribution is 2.36. The van der Waals surface area contributed by atoms with Crippen LogP contribution in [0.2, 0.25) is 10.0 Å². The van der Waals surface area contributed by atoms with Gasteiger partial charge in [-0.05, 0) is 35.4 Å². The van der Waals surface area contributed by atoms with Crippen molar-refractivity contribution in [1.82, 2.24) is 9.97 Å². The molecule has 3 rings (SSSR count). The van der Waals surface area contributed by atoms with Crippen LogP contribution in [0.3, 0.4) is 0 Å². The Hall–Kier alpha value is -2.04. The van der Waals surface area contributed by atoms with Gasteiger partial charge >= 0.3 is 0 Å². The summed E-state index contributed by atoms with van der Waals surface area (Å²) < 4.78 is 0. The Morgan fingerprint density at radius 3 is 2.35 bits per heavy atom. The van der Waals surface area contributed by atoms with Gasteiger partial charge in [0.25, 0.3) is 0 Å². The van der Waals surface area contributed by atoms with E-state index < -0.39 is 0 Å². The molecule has 0 spiro atoms. The minimum Gasteiger partial charge on any atom is -0.505 e. The van der Waals surface area contributed by atoms with Crippen molar-refractivity contribution >= 4 is 40.1 Å². The highest BCUT2D eigenvalue weighted by molar-refractivity contribution is 6.37. The van der Waals surface area contributed by atoms with Crippen LogP contribution in [-0.4, -0.2) is 15.1 Å². The molecule has 0 saturated heterocycles. The number of hydrogen-bond acceptors (Lipinski definition) is 4. The minimum absolute atomic E-state index is 0.123. The maximum Gasteiger partial charge on any atom is 0.152 e. The van der Waals surface area contributed by atoms with Crippen LogP contribution in [0.25, 0.3) is 22.2 Å². The molecule has 2 aromatic carbocycles. The van der Waals surface area contributed by atoms with Gasteiger partial charge in [-0.1, -0.05) is 29.3 Å². The van der Waals surface area contributed by atoms with Crippen LogP contribution in [0, 0.1) is 0 Å². The summed E-state index contributed by atoms with van der Waals surface area (Å²) in [5, 5.41) is 9.98. The number of halogens is 2. The van der Waals surface area contributed by atoms with Gasteiger partial charge in [0.1, 0.15) is 5.82 Å². The lowest BCUT2D eigenvalue weighted by atomic mass is 10.0. The molecule has 0 aliphatic heterocycles. The average Bonchev–Trinajstić information content (AvgIpc) is 2.43. The fourth-order valence-electron chi connectivity index (χ4n) is 1.94. The molecule has 6 heteroatoms. The SMILES string of the molecule is Nc1cnc2ccc(-c3cc(Cl)c(O)c(Cl)c3)cc2n1. The third-order valence-electron chi connectivity index (χ3n) is 2.91. The number of aromatic hydroxyl groups is 1. The fourth-order valence-corrected chi connectivity index (χ4v) is 2.42. The van der Waals surface area contributed by atoms with Gasteiger partial charge in [0.2, 0.25) is 0 Å². The molecule has 100 valence electrons. The number of aromatic nitrogens is 2. The highest BCUT2D eigenvalue weighted by atomic mass is 35.5. The maximum atomic E-state index is 9.58. The molecule has 0 atom stereocenters. The molecule has 1 aromatic heterocycles. The topological polar surface area (TPSA) is 72.0 Å². The van der Waals surface area contributed by atoms with E-state index in [0.717, 1.165) is 16.6 Å².